The third-order valence-corrected chi connectivity index (χ3v) is 4.59. The third-order valence-electron chi connectivity index (χ3n) is 3.48. The smallest absolute Gasteiger partial charge is 0.267 e. The van der Waals surface area contributed by atoms with Gasteiger partial charge in [-0.25, -0.2) is 0 Å². The van der Waals surface area contributed by atoms with Gasteiger partial charge in [0.15, 0.2) is 4.77 Å². The van der Waals surface area contributed by atoms with E-state index in [1.54, 1.807) is 4.57 Å². The van der Waals surface area contributed by atoms with Gasteiger partial charge in [-0.2, -0.15) is 0 Å². The maximum atomic E-state index is 12.8. The van der Waals surface area contributed by atoms with Crippen LogP contribution in [0.3, 0.4) is 0 Å². The van der Waals surface area contributed by atoms with Gasteiger partial charge in [-0.15, -0.1) is 11.3 Å². The molecule has 3 nitrogen and oxygen atoms in total. The van der Waals surface area contributed by atoms with E-state index >= 15 is 0 Å². The number of aromatic amines is 1. The van der Waals surface area contributed by atoms with E-state index in [9.17, 15) is 4.79 Å². The number of nitrogens with one attached hydrogen (secondary N) is 1. The van der Waals surface area contributed by atoms with Crippen molar-refractivity contribution in [1.82, 2.24) is 9.55 Å². The molecule has 3 aromatic rings. The lowest BCUT2D eigenvalue weighted by Gasteiger charge is -2.23. The second kappa shape index (κ2) is 4.93. The molecule has 21 heavy (non-hydrogen) atoms. The minimum atomic E-state index is -0.0680. The molecule has 0 spiro atoms. The largest absolute Gasteiger partial charge is 0.323 e. The van der Waals surface area contributed by atoms with Gasteiger partial charge in [0.05, 0.1) is 11.1 Å². The first-order chi connectivity index (χ1) is 9.89. The Hall–Kier alpha value is -1.72. The number of rotatable bonds is 1. The summed E-state index contributed by atoms with van der Waals surface area (Å²) in [6, 6.07) is 9.76. The maximum absolute atomic E-state index is 12.8. The van der Waals surface area contributed by atoms with E-state index in [2.05, 4.69) is 25.8 Å². The molecular weight excluding hydrogens is 300 g/mol. The summed E-state index contributed by atoms with van der Waals surface area (Å²) in [5, 5.41) is 2.58. The Morgan fingerprint density at radius 3 is 2.62 bits per heavy atom. The molecular formula is C16H16N2OS2. The van der Waals surface area contributed by atoms with Crippen molar-refractivity contribution >= 4 is 33.8 Å². The van der Waals surface area contributed by atoms with Gasteiger partial charge in [-0.05, 0) is 40.7 Å². The zero-order valence-corrected chi connectivity index (χ0v) is 13.8. The molecule has 0 amide bonds. The molecule has 0 aliphatic carbocycles. The highest BCUT2D eigenvalue weighted by Crippen LogP contribution is 2.28. The third kappa shape index (κ3) is 2.36. The van der Waals surface area contributed by atoms with Crippen LogP contribution in [0.1, 0.15) is 26.3 Å². The number of nitrogens with zero attached hydrogens (tertiary/aromatic N) is 1. The molecule has 0 saturated carbocycles. The first-order valence-corrected chi connectivity index (χ1v) is 8.01. The van der Waals surface area contributed by atoms with E-state index in [0.29, 0.717) is 10.2 Å². The number of H-pyrrole nitrogens is 1. The van der Waals surface area contributed by atoms with E-state index in [1.165, 1.54) is 11.3 Å². The number of hydrogen-bond acceptors (Lipinski definition) is 3. The molecule has 2 aromatic heterocycles. The number of hydrogen-bond donors (Lipinski definition) is 1. The standard InChI is InChI=1S/C16H16N2OS2/c1-16(2,3)11-6-4-5-7-12(11)18-14(19)10-8-9-21-13(10)17-15(18)20/h4-9H,1-3H3,(H,17,20). The molecule has 0 bridgehead atoms. The van der Waals surface area contributed by atoms with Crippen molar-refractivity contribution < 1.29 is 0 Å². The number of para-hydroxylation sites is 1. The topological polar surface area (TPSA) is 37.8 Å². The number of benzene rings is 1. The van der Waals surface area contributed by atoms with Crippen LogP contribution < -0.4 is 5.56 Å². The lowest BCUT2D eigenvalue weighted by molar-refractivity contribution is 0.585. The molecule has 0 radical (unpaired) electrons. The van der Waals surface area contributed by atoms with Gasteiger partial charge in [0.1, 0.15) is 4.83 Å². The summed E-state index contributed by atoms with van der Waals surface area (Å²) >= 11 is 6.91. The predicted molar refractivity (Wildman–Crippen MR) is 91.3 cm³/mol. The Kier molecular flexibility index (Phi) is 3.34. The summed E-state index contributed by atoms with van der Waals surface area (Å²) in [7, 11) is 0. The van der Waals surface area contributed by atoms with Crippen molar-refractivity contribution in [3.63, 3.8) is 0 Å². The Labute approximate surface area is 131 Å². The van der Waals surface area contributed by atoms with Crippen LogP contribution in [0.15, 0.2) is 40.5 Å². The van der Waals surface area contributed by atoms with Crippen molar-refractivity contribution in [2.24, 2.45) is 0 Å². The van der Waals surface area contributed by atoms with Gasteiger partial charge >= 0.3 is 0 Å². The zero-order valence-electron chi connectivity index (χ0n) is 12.1. The van der Waals surface area contributed by atoms with E-state index in [4.69, 9.17) is 12.2 Å². The van der Waals surface area contributed by atoms with E-state index in [-0.39, 0.29) is 11.0 Å². The van der Waals surface area contributed by atoms with Gasteiger partial charge in [-0.1, -0.05) is 39.0 Å². The predicted octanol–water partition coefficient (Wildman–Crippen LogP) is 4.41. The van der Waals surface area contributed by atoms with E-state index in [0.717, 1.165) is 16.1 Å². The molecule has 1 aromatic carbocycles. The summed E-state index contributed by atoms with van der Waals surface area (Å²) in [6.45, 7) is 6.40. The monoisotopic (exact) mass is 316 g/mol. The summed E-state index contributed by atoms with van der Waals surface area (Å²) in [5.41, 5.74) is 1.82. The van der Waals surface area contributed by atoms with Gasteiger partial charge in [0, 0.05) is 0 Å². The van der Waals surface area contributed by atoms with E-state index in [1.807, 2.05) is 35.7 Å². The molecule has 0 aliphatic rings. The quantitative estimate of drug-likeness (QED) is 0.675. The van der Waals surface area contributed by atoms with Crippen molar-refractivity contribution in [1.29, 1.82) is 0 Å². The van der Waals surface area contributed by atoms with Crippen LogP contribution in [-0.2, 0) is 5.41 Å². The SMILES string of the molecule is CC(C)(C)c1ccccc1-n1c(=S)[nH]c2sccc2c1=O. The molecule has 108 valence electrons. The second-order valence-corrected chi connectivity index (χ2v) is 7.30. The molecule has 0 atom stereocenters. The molecule has 0 fully saturated rings. The minimum absolute atomic E-state index is 0.0632. The first-order valence-electron chi connectivity index (χ1n) is 6.72. The highest BCUT2D eigenvalue weighted by molar-refractivity contribution is 7.71. The minimum Gasteiger partial charge on any atom is -0.323 e. The maximum Gasteiger partial charge on any atom is 0.267 e. The highest BCUT2D eigenvalue weighted by Gasteiger charge is 2.20. The Morgan fingerprint density at radius 2 is 1.90 bits per heavy atom. The average molecular weight is 316 g/mol. The molecule has 5 heteroatoms. The van der Waals surface area contributed by atoms with Crippen LogP contribution in [0.4, 0.5) is 0 Å². The van der Waals surface area contributed by atoms with Gasteiger partial charge in [0.25, 0.3) is 5.56 Å². The van der Waals surface area contributed by atoms with Crippen LogP contribution in [0, 0.1) is 4.77 Å². The fourth-order valence-corrected chi connectivity index (χ4v) is 3.59. The van der Waals surface area contributed by atoms with Crippen molar-refractivity contribution in [3.8, 4) is 5.69 Å². The number of aromatic nitrogens is 2. The van der Waals surface area contributed by atoms with Crippen LogP contribution in [-0.4, -0.2) is 9.55 Å². The fourth-order valence-electron chi connectivity index (χ4n) is 2.46. The lowest BCUT2D eigenvalue weighted by Crippen LogP contribution is -2.24. The Morgan fingerprint density at radius 1 is 1.19 bits per heavy atom. The molecule has 3 rings (SSSR count). The normalized spacial score (nSPS) is 12.0. The van der Waals surface area contributed by atoms with E-state index < -0.39 is 0 Å². The summed E-state index contributed by atoms with van der Waals surface area (Å²) in [6.07, 6.45) is 0. The van der Waals surface area contributed by atoms with Crippen molar-refractivity contribution in [3.05, 3.63) is 56.4 Å². The molecule has 0 unspecified atom stereocenters. The molecule has 0 saturated heterocycles. The fraction of sp³-hybridized carbons (Fsp3) is 0.250. The summed E-state index contributed by atoms with van der Waals surface area (Å²) in [4.78, 5) is 16.8. The molecule has 1 N–H and O–H groups in total. The molecule has 0 aliphatic heterocycles. The van der Waals surface area contributed by atoms with Crippen LogP contribution in [0.5, 0.6) is 0 Å². The number of thiophene rings is 1. The highest BCUT2D eigenvalue weighted by atomic mass is 32.1. The zero-order chi connectivity index (χ0) is 15.2. The van der Waals surface area contributed by atoms with Gasteiger partial charge < -0.3 is 4.98 Å². The Balaban J connectivity index is 2.42. The Bertz CT molecular complexity index is 926. The van der Waals surface area contributed by atoms with Crippen LogP contribution >= 0.6 is 23.6 Å². The first kappa shape index (κ1) is 14.2. The van der Waals surface area contributed by atoms with Crippen molar-refractivity contribution in [2.45, 2.75) is 26.2 Å². The molecule has 2 heterocycles. The lowest BCUT2D eigenvalue weighted by atomic mass is 9.86. The number of fused-ring (bicyclic) bond motifs is 1. The second-order valence-electron chi connectivity index (χ2n) is 6.00. The van der Waals surface area contributed by atoms with Crippen molar-refractivity contribution in [2.75, 3.05) is 0 Å². The van der Waals surface area contributed by atoms with Crippen LogP contribution in [0.25, 0.3) is 15.9 Å². The van der Waals surface area contributed by atoms with Gasteiger partial charge in [-0.3, -0.25) is 9.36 Å². The summed E-state index contributed by atoms with van der Waals surface area (Å²) in [5.74, 6) is 0. The van der Waals surface area contributed by atoms with Gasteiger partial charge in [0.2, 0.25) is 0 Å². The van der Waals surface area contributed by atoms with Crippen LogP contribution in [0.2, 0.25) is 0 Å². The average Bonchev–Trinajstić information content (AvgIpc) is 2.86. The summed E-state index contributed by atoms with van der Waals surface area (Å²) < 4.78 is 2.04.